The normalized spacial score (nSPS) is 44.9. The summed E-state index contributed by atoms with van der Waals surface area (Å²) in [6, 6.07) is 1.43. The number of hydrogen-bond acceptors (Lipinski definition) is 3. The minimum atomic E-state index is 0.0164. The van der Waals surface area contributed by atoms with E-state index in [4.69, 9.17) is 4.74 Å². The highest BCUT2D eigenvalue weighted by molar-refractivity contribution is 5.72. The molecule has 0 aromatic carbocycles. The second-order valence-electron chi connectivity index (χ2n) is 6.02. The second-order valence-corrected chi connectivity index (χ2v) is 6.02. The van der Waals surface area contributed by atoms with Crippen molar-refractivity contribution in [2.24, 2.45) is 17.8 Å². The van der Waals surface area contributed by atoms with Crippen LogP contribution in [0, 0.1) is 17.8 Å². The molecule has 3 aliphatic rings. The number of carbonyl (C=O) groups is 1. The van der Waals surface area contributed by atoms with Gasteiger partial charge in [0.25, 0.3) is 0 Å². The van der Waals surface area contributed by atoms with E-state index in [-0.39, 0.29) is 11.9 Å². The Morgan fingerprint density at radius 2 is 1.82 bits per heavy atom. The van der Waals surface area contributed by atoms with E-state index in [1.807, 2.05) is 0 Å². The van der Waals surface area contributed by atoms with Gasteiger partial charge in [-0.3, -0.25) is 4.79 Å². The number of methoxy groups -OCH3 is 1. The number of hydrogen-bond donors (Lipinski definition) is 1. The summed E-state index contributed by atoms with van der Waals surface area (Å²) in [5.41, 5.74) is 0. The maximum Gasteiger partial charge on any atom is 0.308 e. The van der Waals surface area contributed by atoms with E-state index in [1.165, 1.54) is 32.8 Å². The third-order valence-electron chi connectivity index (χ3n) is 5.23. The lowest BCUT2D eigenvalue weighted by Crippen LogP contribution is -2.37. The minimum Gasteiger partial charge on any atom is -0.469 e. The van der Waals surface area contributed by atoms with E-state index in [1.54, 1.807) is 0 Å². The largest absolute Gasteiger partial charge is 0.469 e. The molecule has 0 spiro atoms. The number of nitrogens with one attached hydrogen (secondary N) is 1. The summed E-state index contributed by atoms with van der Waals surface area (Å²) in [6.45, 7) is 0. The van der Waals surface area contributed by atoms with Crippen LogP contribution in [0.3, 0.4) is 0 Å². The van der Waals surface area contributed by atoms with Crippen molar-refractivity contribution < 1.29 is 9.53 Å². The maximum atomic E-state index is 11.7. The first-order chi connectivity index (χ1) is 8.29. The van der Waals surface area contributed by atoms with Crippen molar-refractivity contribution in [2.75, 3.05) is 7.11 Å². The number of fused-ring (bicyclic) bond motifs is 3. The van der Waals surface area contributed by atoms with Crippen molar-refractivity contribution in [1.82, 2.24) is 5.32 Å². The molecule has 3 nitrogen and oxygen atoms in total. The lowest BCUT2D eigenvalue weighted by Gasteiger charge is -2.34. The third-order valence-corrected chi connectivity index (χ3v) is 5.23. The van der Waals surface area contributed by atoms with Crippen LogP contribution >= 0.6 is 0 Å². The molecular weight excluding hydrogens is 214 g/mol. The van der Waals surface area contributed by atoms with Gasteiger partial charge in [0.05, 0.1) is 13.0 Å². The van der Waals surface area contributed by atoms with Gasteiger partial charge < -0.3 is 10.1 Å². The first-order valence-electron chi connectivity index (χ1n) is 7.13. The maximum absolute atomic E-state index is 11.7. The van der Waals surface area contributed by atoms with Gasteiger partial charge in [-0.2, -0.15) is 0 Å². The predicted octanol–water partition coefficient (Wildman–Crippen LogP) is 2.11. The van der Waals surface area contributed by atoms with E-state index >= 15 is 0 Å². The fourth-order valence-electron chi connectivity index (χ4n) is 4.42. The zero-order valence-corrected chi connectivity index (χ0v) is 10.7. The first kappa shape index (κ1) is 11.5. The highest BCUT2D eigenvalue weighted by Gasteiger charge is 2.47. The van der Waals surface area contributed by atoms with Gasteiger partial charge in [0, 0.05) is 12.1 Å². The predicted molar refractivity (Wildman–Crippen MR) is 65.5 cm³/mol. The van der Waals surface area contributed by atoms with Crippen LogP contribution in [0.4, 0.5) is 0 Å². The molecule has 0 aromatic rings. The average Bonchev–Trinajstić information content (AvgIpc) is 2.75. The molecule has 3 rings (SSSR count). The minimum absolute atomic E-state index is 0.0164. The lowest BCUT2D eigenvalue weighted by molar-refractivity contribution is -0.147. The summed E-state index contributed by atoms with van der Waals surface area (Å²) in [6.07, 6.45) is 8.72. The zero-order valence-electron chi connectivity index (χ0n) is 10.7. The summed E-state index contributed by atoms with van der Waals surface area (Å²) in [7, 11) is 1.52. The summed E-state index contributed by atoms with van der Waals surface area (Å²) in [4.78, 5) is 11.7. The average molecular weight is 237 g/mol. The van der Waals surface area contributed by atoms with Crippen LogP contribution in [-0.2, 0) is 9.53 Å². The van der Waals surface area contributed by atoms with Crippen molar-refractivity contribution >= 4 is 5.97 Å². The van der Waals surface area contributed by atoms with Crippen molar-refractivity contribution in [1.29, 1.82) is 0 Å². The first-order valence-corrected chi connectivity index (χ1v) is 7.13. The van der Waals surface area contributed by atoms with Gasteiger partial charge in [-0.25, -0.2) is 0 Å². The molecule has 0 amide bonds. The molecule has 3 fully saturated rings. The van der Waals surface area contributed by atoms with Crippen molar-refractivity contribution in [3.8, 4) is 0 Å². The van der Waals surface area contributed by atoms with Gasteiger partial charge in [0.1, 0.15) is 0 Å². The Hall–Kier alpha value is -0.570. The molecule has 2 aliphatic carbocycles. The Kier molecular flexibility index (Phi) is 3.12. The van der Waals surface area contributed by atoms with E-state index in [0.717, 1.165) is 37.1 Å². The Morgan fingerprint density at radius 1 is 1.06 bits per heavy atom. The van der Waals surface area contributed by atoms with E-state index in [2.05, 4.69) is 5.32 Å². The van der Waals surface area contributed by atoms with Crippen molar-refractivity contribution in [2.45, 2.75) is 57.0 Å². The molecule has 2 saturated carbocycles. The van der Waals surface area contributed by atoms with E-state index in [9.17, 15) is 4.79 Å². The summed E-state index contributed by atoms with van der Waals surface area (Å²) >= 11 is 0. The van der Waals surface area contributed by atoms with Crippen molar-refractivity contribution in [3.05, 3.63) is 0 Å². The van der Waals surface area contributed by atoms with E-state index < -0.39 is 0 Å². The molecule has 3 heteroatoms. The standard InChI is InChI=1S/C14H23NO2/c1-17-14(16)9-6-7-13-11(8-9)10-4-2-3-5-12(10)15-13/h9-13,15H,2-8H2,1H3. The Bertz CT molecular complexity index is 305. The van der Waals surface area contributed by atoms with Gasteiger partial charge in [0.2, 0.25) is 0 Å². The fraction of sp³-hybridized carbons (Fsp3) is 0.929. The van der Waals surface area contributed by atoms with Gasteiger partial charge in [0.15, 0.2) is 0 Å². The molecule has 1 heterocycles. The van der Waals surface area contributed by atoms with Crippen LogP contribution in [0.25, 0.3) is 0 Å². The molecular formula is C14H23NO2. The van der Waals surface area contributed by atoms with Gasteiger partial charge in [-0.15, -0.1) is 0 Å². The summed E-state index contributed by atoms with van der Waals surface area (Å²) in [5.74, 6) is 1.76. The monoisotopic (exact) mass is 237 g/mol. The molecule has 0 radical (unpaired) electrons. The van der Waals surface area contributed by atoms with Crippen LogP contribution in [0.2, 0.25) is 0 Å². The highest BCUT2D eigenvalue weighted by atomic mass is 16.5. The Labute approximate surface area is 103 Å². The fourth-order valence-corrected chi connectivity index (χ4v) is 4.42. The smallest absolute Gasteiger partial charge is 0.308 e. The number of rotatable bonds is 1. The third kappa shape index (κ3) is 1.99. The lowest BCUT2D eigenvalue weighted by atomic mass is 9.70. The molecule has 17 heavy (non-hydrogen) atoms. The van der Waals surface area contributed by atoms with Gasteiger partial charge in [-0.1, -0.05) is 12.8 Å². The van der Waals surface area contributed by atoms with Crippen LogP contribution in [0.15, 0.2) is 0 Å². The number of esters is 1. The number of ether oxygens (including phenoxy) is 1. The summed E-state index contributed by atoms with van der Waals surface area (Å²) < 4.78 is 4.91. The molecule has 1 saturated heterocycles. The SMILES string of the molecule is COC(=O)C1CCC2NC3CCCCC3C2C1. The summed E-state index contributed by atoms with van der Waals surface area (Å²) in [5, 5.41) is 3.82. The van der Waals surface area contributed by atoms with Crippen molar-refractivity contribution in [3.63, 3.8) is 0 Å². The highest BCUT2D eigenvalue weighted by Crippen LogP contribution is 2.45. The molecule has 1 aliphatic heterocycles. The molecule has 0 bridgehead atoms. The molecule has 96 valence electrons. The van der Waals surface area contributed by atoms with Crippen LogP contribution < -0.4 is 5.32 Å². The second kappa shape index (κ2) is 4.60. The van der Waals surface area contributed by atoms with Gasteiger partial charge >= 0.3 is 5.97 Å². The topological polar surface area (TPSA) is 38.3 Å². The Morgan fingerprint density at radius 3 is 2.65 bits per heavy atom. The molecule has 5 atom stereocenters. The van der Waals surface area contributed by atoms with Crippen LogP contribution in [0.1, 0.15) is 44.9 Å². The van der Waals surface area contributed by atoms with E-state index in [0.29, 0.717) is 6.04 Å². The zero-order chi connectivity index (χ0) is 11.8. The van der Waals surface area contributed by atoms with Crippen LogP contribution in [-0.4, -0.2) is 25.2 Å². The Balaban J connectivity index is 1.70. The van der Waals surface area contributed by atoms with Gasteiger partial charge in [-0.05, 0) is 43.9 Å². The number of carbonyl (C=O) groups excluding carboxylic acids is 1. The molecule has 0 aromatic heterocycles. The molecule has 5 unspecified atom stereocenters. The quantitative estimate of drug-likeness (QED) is 0.710. The molecule has 1 N–H and O–H groups in total. The van der Waals surface area contributed by atoms with Crippen LogP contribution in [0.5, 0.6) is 0 Å².